The van der Waals surface area contributed by atoms with Crippen molar-refractivity contribution in [1.29, 1.82) is 0 Å². The Morgan fingerprint density at radius 3 is 3.13 bits per heavy atom. The molecule has 1 N–H and O–H groups in total. The lowest BCUT2D eigenvalue weighted by molar-refractivity contribution is 0.111. The Labute approximate surface area is 90.9 Å². The van der Waals surface area contributed by atoms with Crippen LogP contribution in [0.15, 0.2) is 29.2 Å². The molecule has 0 bridgehead atoms. The number of carbonyl (C=O) groups is 1. The minimum absolute atomic E-state index is 0.604. The van der Waals surface area contributed by atoms with Crippen molar-refractivity contribution < 1.29 is 4.79 Å². The largest absolute Gasteiger partial charge is 0.296 e. The van der Waals surface area contributed by atoms with Crippen LogP contribution in [0.3, 0.4) is 0 Å². The van der Waals surface area contributed by atoms with E-state index in [1.807, 2.05) is 18.2 Å². The molecule has 1 aromatic heterocycles. The SMILES string of the molecule is O=Cc1[nH]nc2c1CSc1ccccc1-2. The molecule has 0 amide bonds. The summed E-state index contributed by atoms with van der Waals surface area (Å²) in [6.45, 7) is 0. The molecule has 3 nitrogen and oxygen atoms in total. The van der Waals surface area contributed by atoms with Crippen molar-refractivity contribution in [1.82, 2.24) is 10.2 Å². The average molecular weight is 216 g/mol. The predicted molar refractivity (Wildman–Crippen MR) is 59.0 cm³/mol. The average Bonchev–Trinajstić information content (AvgIpc) is 2.72. The molecule has 0 aliphatic carbocycles. The molecule has 0 spiro atoms. The first-order valence-corrected chi connectivity index (χ1v) is 5.63. The van der Waals surface area contributed by atoms with Crippen LogP contribution in [0.2, 0.25) is 0 Å². The van der Waals surface area contributed by atoms with Crippen molar-refractivity contribution in [3.63, 3.8) is 0 Å². The zero-order valence-electron chi connectivity index (χ0n) is 7.86. The zero-order chi connectivity index (χ0) is 10.3. The number of thioether (sulfide) groups is 1. The van der Waals surface area contributed by atoms with Crippen LogP contribution in [0.1, 0.15) is 16.1 Å². The predicted octanol–water partition coefficient (Wildman–Crippen LogP) is 2.49. The van der Waals surface area contributed by atoms with E-state index in [0.717, 1.165) is 28.9 Å². The Bertz CT molecular complexity index is 533. The Morgan fingerprint density at radius 2 is 2.27 bits per heavy atom. The van der Waals surface area contributed by atoms with Gasteiger partial charge in [0, 0.05) is 21.8 Å². The van der Waals surface area contributed by atoms with Gasteiger partial charge in [-0.15, -0.1) is 11.8 Å². The highest BCUT2D eigenvalue weighted by molar-refractivity contribution is 7.98. The van der Waals surface area contributed by atoms with E-state index in [9.17, 15) is 4.79 Å². The summed E-state index contributed by atoms with van der Waals surface area (Å²) < 4.78 is 0. The zero-order valence-corrected chi connectivity index (χ0v) is 8.67. The first-order chi connectivity index (χ1) is 7.40. The Kier molecular flexibility index (Phi) is 1.89. The summed E-state index contributed by atoms with van der Waals surface area (Å²) in [5.41, 5.74) is 3.67. The maximum absolute atomic E-state index is 10.8. The van der Waals surface area contributed by atoms with Crippen molar-refractivity contribution in [2.24, 2.45) is 0 Å². The van der Waals surface area contributed by atoms with E-state index in [1.165, 1.54) is 4.90 Å². The van der Waals surface area contributed by atoms with Gasteiger partial charge in [-0.3, -0.25) is 9.89 Å². The molecule has 4 heteroatoms. The second kappa shape index (κ2) is 3.24. The number of nitrogens with one attached hydrogen (secondary N) is 1. The molecule has 1 aliphatic rings. The summed E-state index contributed by atoms with van der Waals surface area (Å²) in [6, 6.07) is 8.13. The van der Waals surface area contributed by atoms with Gasteiger partial charge in [-0.1, -0.05) is 18.2 Å². The molecule has 1 aromatic carbocycles. The summed E-state index contributed by atoms with van der Waals surface area (Å²) >= 11 is 1.75. The topological polar surface area (TPSA) is 45.8 Å². The molecule has 0 atom stereocenters. The molecule has 0 saturated carbocycles. The quantitative estimate of drug-likeness (QED) is 0.745. The molecule has 2 heterocycles. The fourth-order valence-corrected chi connectivity index (χ4v) is 2.87. The van der Waals surface area contributed by atoms with E-state index in [2.05, 4.69) is 16.3 Å². The number of rotatable bonds is 1. The molecule has 15 heavy (non-hydrogen) atoms. The van der Waals surface area contributed by atoms with Crippen molar-refractivity contribution in [2.75, 3.05) is 0 Å². The van der Waals surface area contributed by atoms with Crippen LogP contribution < -0.4 is 0 Å². The molecule has 0 saturated heterocycles. The molecular weight excluding hydrogens is 208 g/mol. The van der Waals surface area contributed by atoms with Crippen LogP contribution in [-0.4, -0.2) is 16.5 Å². The van der Waals surface area contributed by atoms with Crippen molar-refractivity contribution >= 4 is 18.0 Å². The summed E-state index contributed by atoms with van der Waals surface area (Å²) in [6.07, 6.45) is 0.834. The number of hydrogen-bond donors (Lipinski definition) is 1. The monoisotopic (exact) mass is 216 g/mol. The Balaban J connectivity index is 2.26. The first kappa shape index (κ1) is 8.73. The van der Waals surface area contributed by atoms with Gasteiger partial charge in [-0.2, -0.15) is 5.10 Å². The van der Waals surface area contributed by atoms with Gasteiger partial charge < -0.3 is 0 Å². The molecule has 1 aliphatic heterocycles. The number of aromatic nitrogens is 2. The van der Waals surface area contributed by atoms with E-state index in [0.29, 0.717) is 5.69 Å². The molecule has 0 unspecified atom stereocenters. The number of hydrogen-bond acceptors (Lipinski definition) is 3. The van der Waals surface area contributed by atoms with Crippen molar-refractivity contribution in [3.8, 4) is 11.3 Å². The van der Waals surface area contributed by atoms with Crippen LogP contribution in [0, 0.1) is 0 Å². The van der Waals surface area contributed by atoms with E-state index in [4.69, 9.17) is 0 Å². The van der Waals surface area contributed by atoms with E-state index < -0.39 is 0 Å². The fraction of sp³-hybridized carbons (Fsp3) is 0.0909. The van der Waals surface area contributed by atoms with Gasteiger partial charge in [-0.25, -0.2) is 0 Å². The molecular formula is C11H8N2OS. The molecule has 0 radical (unpaired) electrons. The van der Waals surface area contributed by atoms with E-state index in [1.54, 1.807) is 11.8 Å². The molecule has 2 aromatic rings. The van der Waals surface area contributed by atoms with Gasteiger partial charge in [0.2, 0.25) is 0 Å². The molecule has 3 rings (SSSR count). The second-order valence-electron chi connectivity index (χ2n) is 3.37. The van der Waals surface area contributed by atoms with Gasteiger partial charge >= 0.3 is 0 Å². The van der Waals surface area contributed by atoms with Crippen LogP contribution in [0.5, 0.6) is 0 Å². The highest BCUT2D eigenvalue weighted by Crippen LogP contribution is 2.40. The van der Waals surface area contributed by atoms with E-state index in [-0.39, 0.29) is 0 Å². The highest BCUT2D eigenvalue weighted by Gasteiger charge is 2.21. The lowest BCUT2D eigenvalue weighted by Crippen LogP contribution is -1.95. The smallest absolute Gasteiger partial charge is 0.168 e. The van der Waals surface area contributed by atoms with Crippen molar-refractivity contribution in [3.05, 3.63) is 35.5 Å². The third-order valence-electron chi connectivity index (χ3n) is 2.53. The van der Waals surface area contributed by atoms with E-state index >= 15 is 0 Å². The summed E-state index contributed by atoms with van der Waals surface area (Å²) in [4.78, 5) is 12.0. The van der Waals surface area contributed by atoms with Gasteiger partial charge in [0.05, 0.1) is 5.69 Å². The third kappa shape index (κ3) is 1.22. The van der Waals surface area contributed by atoms with Crippen LogP contribution in [-0.2, 0) is 5.75 Å². The van der Waals surface area contributed by atoms with Crippen LogP contribution >= 0.6 is 11.8 Å². The summed E-state index contributed by atoms with van der Waals surface area (Å²) in [5, 5.41) is 6.97. The Morgan fingerprint density at radius 1 is 1.40 bits per heavy atom. The van der Waals surface area contributed by atoms with Gasteiger partial charge in [0.1, 0.15) is 5.69 Å². The minimum atomic E-state index is 0.604. The molecule has 74 valence electrons. The maximum atomic E-state index is 10.8. The number of fused-ring (bicyclic) bond motifs is 3. The number of benzene rings is 1. The normalized spacial score (nSPS) is 13.1. The number of aldehydes is 1. The second-order valence-corrected chi connectivity index (χ2v) is 4.38. The fourth-order valence-electron chi connectivity index (χ4n) is 1.78. The number of nitrogens with zero attached hydrogens (tertiary/aromatic N) is 1. The standard InChI is InChI=1S/C11H8N2OS/c14-5-9-8-6-15-10-4-2-1-3-7(10)11(8)13-12-9/h1-5H,6H2,(H,12,13). The van der Waals surface area contributed by atoms with Gasteiger partial charge in [0.15, 0.2) is 6.29 Å². The van der Waals surface area contributed by atoms with Gasteiger partial charge in [-0.05, 0) is 6.07 Å². The lowest BCUT2D eigenvalue weighted by atomic mass is 10.1. The summed E-state index contributed by atoms with van der Waals surface area (Å²) in [7, 11) is 0. The number of aromatic amines is 1. The maximum Gasteiger partial charge on any atom is 0.168 e. The van der Waals surface area contributed by atoms with Gasteiger partial charge in [0.25, 0.3) is 0 Å². The number of H-pyrrole nitrogens is 1. The third-order valence-corrected chi connectivity index (χ3v) is 3.63. The first-order valence-electron chi connectivity index (χ1n) is 4.65. The van der Waals surface area contributed by atoms with Crippen LogP contribution in [0.4, 0.5) is 0 Å². The van der Waals surface area contributed by atoms with Crippen molar-refractivity contribution in [2.45, 2.75) is 10.6 Å². The number of carbonyl (C=O) groups excluding carboxylic acids is 1. The lowest BCUT2D eigenvalue weighted by Gasteiger charge is -2.14. The highest BCUT2D eigenvalue weighted by atomic mass is 32.2. The van der Waals surface area contributed by atoms with Crippen LogP contribution in [0.25, 0.3) is 11.3 Å². The minimum Gasteiger partial charge on any atom is -0.296 e. The molecule has 0 fully saturated rings. The Hall–Kier alpha value is -1.55. The summed E-state index contributed by atoms with van der Waals surface area (Å²) in [5.74, 6) is 0.816.